The molecule has 21 heavy (non-hydrogen) atoms. The van der Waals surface area contributed by atoms with Crippen LogP contribution in [0.1, 0.15) is 5.82 Å². The molecule has 0 aliphatic heterocycles. The Morgan fingerprint density at radius 1 is 1.38 bits per heavy atom. The number of alkyl halides is 2. The molecule has 1 N–H and O–H groups in total. The van der Waals surface area contributed by atoms with Gasteiger partial charge in [0, 0.05) is 6.42 Å². The van der Waals surface area contributed by atoms with E-state index in [9.17, 15) is 13.9 Å². The van der Waals surface area contributed by atoms with Crippen LogP contribution in [0.2, 0.25) is 0 Å². The summed E-state index contributed by atoms with van der Waals surface area (Å²) in [7, 11) is 1.50. The number of ether oxygens (including phenoxy) is 2. The van der Waals surface area contributed by atoms with E-state index in [1.807, 2.05) is 0 Å². The lowest BCUT2D eigenvalue weighted by molar-refractivity contribution is 0.0182. The van der Waals surface area contributed by atoms with Crippen LogP contribution >= 0.6 is 0 Å². The maximum atomic E-state index is 11.9. The maximum Gasteiger partial charge on any atom is 0.261 e. The predicted octanol–water partition coefficient (Wildman–Crippen LogP) is 2.28. The van der Waals surface area contributed by atoms with E-state index in [0.717, 1.165) is 0 Å². The molecular weight excluding hydrogens is 286 g/mol. The summed E-state index contributed by atoms with van der Waals surface area (Å²) in [4.78, 5) is 4.07. The minimum Gasteiger partial charge on any atom is -0.507 e. The van der Waals surface area contributed by atoms with E-state index in [1.54, 1.807) is 12.1 Å². The zero-order chi connectivity index (χ0) is 15.2. The third-order valence-corrected chi connectivity index (χ3v) is 2.62. The van der Waals surface area contributed by atoms with Gasteiger partial charge in [0.25, 0.3) is 12.3 Å². The van der Waals surface area contributed by atoms with Crippen LogP contribution in [0, 0.1) is 0 Å². The molecular formula is C13H14F2N2O4. The van der Waals surface area contributed by atoms with E-state index in [0.29, 0.717) is 17.1 Å². The fraction of sp³-hybridized carbons (Fsp3) is 0.385. The number of hydrogen-bond acceptors (Lipinski definition) is 6. The first-order valence-electron chi connectivity index (χ1n) is 6.16. The van der Waals surface area contributed by atoms with Crippen LogP contribution < -0.4 is 4.74 Å². The van der Waals surface area contributed by atoms with Gasteiger partial charge in [-0.05, 0) is 18.2 Å². The van der Waals surface area contributed by atoms with E-state index >= 15 is 0 Å². The zero-order valence-electron chi connectivity index (χ0n) is 11.3. The molecule has 0 bridgehead atoms. The number of phenols is 1. The van der Waals surface area contributed by atoms with E-state index in [4.69, 9.17) is 14.0 Å². The number of methoxy groups -OCH3 is 1. The average molecular weight is 300 g/mol. The summed E-state index contributed by atoms with van der Waals surface area (Å²) in [6.07, 6.45) is -2.26. The SMILES string of the molecule is COc1ccc(O)c(-c2nc(CCOCC(F)F)no2)c1. The summed E-state index contributed by atoms with van der Waals surface area (Å²) < 4.78 is 38.6. The summed E-state index contributed by atoms with van der Waals surface area (Å²) in [5.74, 6) is 0.930. The molecule has 0 saturated carbocycles. The summed E-state index contributed by atoms with van der Waals surface area (Å²) in [6, 6.07) is 4.60. The molecule has 1 heterocycles. The van der Waals surface area contributed by atoms with Crippen molar-refractivity contribution in [2.75, 3.05) is 20.3 Å². The van der Waals surface area contributed by atoms with Gasteiger partial charge < -0.3 is 19.1 Å². The van der Waals surface area contributed by atoms with Crippen molar-refractivity contribution < 1.29 is 27.9 Å². The fourth-order valence-electron chi connectivity index (χ4n) is 1.61. The standard InChI is InChI=1S/C13H14F2N2O4/c1-19-8-2-3-10(18)9(6-8)13-16-12(17-21-13)4-5-20-7-11(14)15/h2-3,6,11,18H,4-5,7H2,1H3. The molecule has 6 nitrogen and oxygen atoms in total. The lowest BCUT2D eigenvalue weighted by Gasteiger charge is -2.03. The third-order valence-electron chi connectivity index (χ3n) is 2.62. The molecule has 0 radical (unpaired) electrons. The smallest absolute Gasteiger partial charge is 0.261 e. The van der Waals surface area contributed by atoms with Gasteiger partial charge in [-0.3, -0.25) is 0 Å². The quantitative estimate of drug-likeness (QED) is 0.790. The molecule has 0 aliphatic rings. The van der Waals surface area contributed by atoms with Crippen LogP contribution in [0.5, 0.6) is 11.5 Å². The molecule has 0 fully saturated rings. The Labute approximate surface area is 119 Å². The van der Waals surface area contributed by atoms with Gasteiger partial charge in [0.2, 0.25) is 0 Å². The highest BCUT2D eigenvalue weighted by Crippen LogP contribution is 2.31. The second-order valence-corrected chi connectivity index (χ2v) is 4.11. The van der Waals surface area contributed by atoms with Gasteiger partial charge >= 0.3 is 0 Å². The molecule has 0 unspecified atom stereocenters. The van der Waals surface area contributed by atoms with Gasteiger partial charge in [-0.25, -0.2) is 8.78 Å². The minimum atomic E-state index is -2.50. The van der Waals surface area contributed by atoms with Gasteiger partial charge in [-0.1, -0.05) is 5.16 Å². The molecule has 0 saturated heterocycles. The minimum absolute atomic E-state index is 0.0278. The summed E-state index contributed by atoms with van der Waals surface area (Å²) in [5, 5.41) is 13.5. The van der Waals surface area contributed by atoms with Crippen molar-refractivity contribution in [2.45, 2.75) is 12.8 Å². The van der Waals surface area contributed by atoms with E-state index in [2.05, 4.69) is 10.1 Å². The van der Waals surface area contributed by atoms with Crippen molar-refractivity contribution in [3.8, 4) is 23.0 Å². The van der Waals surface area contributed by atoms with Crippen LogP contribution in [-0.2, 0) is 11.2 Å². The summed E-state index contributed by atoms with van der Waals surface area (Å²) >= 11 is 0. The Hall–Kier alpha value is -2.22. The lowest BCUT2D eigenvalue weighted by Crippen LogP contribution is -2.07. The molecule has 0 amide bonds. The number of aromatic hydroxyl groups is 1. The van der Waals surface area contributed by atoms with Gasteiger partial charge in [0.15, 0.2) is 5.82 Å². The Kier molecular flexibility index (Phi) is 5.04. The van der Waals surface area contributed by atoms with Crippen molar-refractivity contribution in [2.24, 2.45) is 0 Å². The Morgan fingerprint density at radius 3 is 2.90 bits per heavy atom. The lowest BCUT2D eigenvalue weighted by atomic mass is 10.2. The van der Waals surface area contributed by atoms with Crippen molar-refractivity contribution >= 4 is 0 Å². The third kappa shape index (κ3) is 4.12. The Balaban J connectivity index is 2.02. The molecule has 0 aliphatic carbocycles. The normalized spacial score (nSPS) is 11.0. The highest BCUT2D eigenvalue weighted by atomic mass is 19.3. The molecule has 0 atom stereocenters. The first-order chi connectivity index (χ1) is 10.1. The van der Waals surface area contributed by atoms with Crippen LogP contribution in [0.15, 0.2) is 22.7 Å². The summed E-state index contributed by atoms with van der Waals surface area (Å²) in [5.41, 5.74) is 0.335. The monoisotopic (exact) mass is 300 g/mol. The highest BCUT2D eigenvalue weighted by molar-refractivity contribution is 5.64. The average Bonchev–Trinajstić information content (AvgIpc) is 2.92. The predicted molar refractivity (Wildman–Crippen MR) is 68.5 cm³/mol. The molecule has 0 spiro atoms. The highest BCUT2D eigenvalue weighted by Gasteiger charge is 2.14. The van der Waals surface area contributed by atoms with Crippen LogP contribution in [0.3, 0.4) is 0 Å². The van der Waals surface area contributed by atoms with Crippen molar-refractivity contribution in [3.63, 3.8) is 0 Å². The Bertz CT molecular complexity index is 589. The fourth-order valence-corrected chi connectivity index (χ4v) is 1.61. The number of phenolic OH excluding ortho intramolecular Hbond substituents is 1. The van der Waals surface area contributed by atoms with E-state index in [-0.39, 0.29) is 24.7 Å². The number of aromatic nitrogens is 2. The topological polar surface area (TPSA) is 77.6 Å². The number of halogens is 2. The molecule has 8 heteroatoms. The second-order valence-electron chi connectivity index (χ2n) is 4.11. The molecule has 1 aromatic heterocycles. The number of benzene rings is 1. The molecule has 1 aromatic carbocycles. The van der Waals surface area contributed by atoms with Gasteiger partial charge in [-0.15, -0.1) is 0 Å². The number of hydrogen-bond donors (Lipinski definition) is 1. The van der Waals surface area contributed by atoms with Crippen molar-refractivity contribution in [1.29, 1.82) is 0 Å². The molecule has 2 rings (SSSR count). The van der Waals surface area contributed by atoms with Gasteiger partial charge in [-0.2, -0.15) is 4.98 Å². The van der Waals surface area contributed by atoms with Crippen LogP contribution in [-0.4, -0.2) is 42.0 Å². The van der Waals surface area contributed by atoms with Gasteiger partial charge in [0.1, 0.15) is 18.1 Å². The largest absolute Gasteiger partial charge is 0.507 e. The number of nitrogens with zero attached hydrogens (tertiary/aromatic N) is 2. The zero-order valence-corrected chi connectivity index (χ0v) is 11.3. The van der Waals surface area contributed by atoms with Crippen LogP contribution in [0.25, 0.3) is 11.5 Å². The second kappa shape index (κ2) is 6.98. The molecule has 2 aromatic rings. The van der Waals surface area contributed by atoms with Crippen LogP contribution in [0.4, 0.5) is 8.78 Å². The van der Waals surface area contributed by atoms with E-state index < -0.39 is 13.0 Å². The number of rotatable bonds is 7. The van der Waals surface area contributed by atoms with Crippen molar-refractivity contribution in [1.82, 2.24) is 10.1 Å². The first kappa shape index (κ1) is 15.2. The van der Waals surface area contributed by atoms with E-state index in [1.165, 1.54) is 13.2 Å². The first-order valence-corrected chi connectivity index (χ1v) is 6.16. The van der Waals surface area contributed by atoms with Gasteiger partial charge in [0.05, 0.1) is 19.3 Å². The maximum absolute atomic E-state index is 11.9. The molecule has 114 valence electrons. The summed E-state index contributed by atoms with van der Waals surface area (Å²) in [6.45, 7) is -0.561. The Morgan fingerprint density at radius 2 is 2.19 bits per heavy atom. The van der Waals surface area contributed by atoms with Crippen molar-refractivity contribution in [3.05, 3.63) is 24.0 Å².